The number of benzene rings is 3. The zero-order valence-electron chi connectivity index (χ0n) is 18.7. The molecule has 0 atom stereocenters. The molecule has 0 radical (unpaired) electrons. The molecule has 0 aliphatic rings. The topological polar surface area (TPSA) is 27.0 Å². The van der Waals surface area contributed by atoms with E-state index in [0.717, 1.165) is 22.6 Å². The van der Waals surface area contributed by atoms with Crippen LogP contribution in [0.1, 0.15) is 50.8 Å². The van der Waals surface area contributed by atoms with Crippen molar-refractivity contribution in [3.8, 4) is 6.07 Å². The van der Waals surface area contributed by atoms with Gasteiger partial charge in [-0.2, -0.15) is 5.26 Å². The first-order valence-electron chi connectivity index (χ1n) is 10.5. The van der Waals surface area contributed by atoms with Gasteiger partial charge in [-0.15, -0.1) is 0 Å². The van der Waals surface area contributed by atoms with Crippen LogP contribution >= 0.6 is 0 Å². The van der Waals surface area contributed by atoms with Crippen LogP contribution in [0.3, 0.4) is 0 Å². The molecule has 0 saturated carbocycles. The van der Waals surface area contributed by atoms with E-state index in [1.807, 2.05) is 32.0 Å². The summed E-state index contributed by atoms with van der Waals surface area (Å²) in [7, 11) is 0. The molecule has 0 fully saturated rings. The first-order valence-corrected chi connectivity index (χ1v) is 10.5. The predicted molar refractivity (Wildman–Crippen MR) is 127 cm³/mol. The van der Waals surface area contributed by atoms with Crippen LogP contribution in [0.25, 0.3) is 0 Å². The Balaban J connectivity index is 0.000000771. The standard InChI is InChI=1S/C22H20N2.C3H8.C2H6/c1-17-7-11-20(12-8-17)24(21-13-9-18(2)10-14-21)22-6-4-3-5-19(22)15-16-23;1-3-2;1-2/h3-14H,15H2,1-2H3;3H2,1-2H3;1-2H3. The molecule has 0 saturated heterocycles. The largest absolute Gasteiger partial charge is 0.310 e. The van der Waals surface area contributed by atoms with Gasteiger partial charge < -0.3 is 4.90 Å². The lowest BCUT2D eigenvalue weighted by Gasteiger charge is -2.27. The van der Waals surface area contributed by atoms with E-state index in [9.17, 15) is 5.26 Å². The summed E-state index contributed by atoms with van der Waals surface area (Å²) < 4.78 is 0. The molecule has 0 unspecified atom stereocenters. The van der Waals surface area contributed by atoms with E-state index in [1.165, 1.54) is 17.5 Å². The Morgan fingerprint density at radius 2 is 1.14 bits per heavy atom. The van der Waals surface area contributed by atoms with Gasteiger partial charge in [0.2, 0.25) is 0 Å². The quantitative estimate of drug-likeness (QED) is 0.451. The number of hydrogen-bond donors (Lipinski definition) is 0. The Kier molecular flexibility index (Phi) is 10.9. The van der Waals surface area contributed by atoms with Crippen molar-refractivity contribution in [2.24, 2.45) is 0 Å². The number of hydrogen-bond acceptors (Lipinski definition) is 2. The van der Waals surface area contributed by atoms with Crippen molar-refractivity contribution in [1.29, 1.82) is 5.26 Å². The zero-order chi connectivity index (χ0) is 21.6. The first-order chi connectivity index (χ1) is 14.1. The molecule has 0 heterocycles. The van der Waals surface area contributed by atoms with Gasteiger partial charge in [0.15, 0.2) is 0 Å². The molecule has 0 aromatic heterocycles. The van der Waals surface area contributed by atoms with E-state index in [-0.39, 0.29) is 0 Å². The van der Waals surface area contributed by atoms with Crippen LogP contribution < -0.4 is 4.90 Å². The fourth-order valence-electron chi connectivity index (χ4n) is 2.78. The Morgan fingerprint density at radius 3 is 1.55 bits per heavy atom. The van der Waals surface area contributed by atoms with E-state index in [4.69, 9.17) is 0 Å². The first kappa shape index (κ1) is 24.0. The van der Waals surface area contributed by atoms with Gasteiger partial charge in [-0.1, -0.05) is 87.7 Å². The summed E-state index contributed by atoms with van der Waals surface area (Å²) in [6.07, 6.45) is 1.64. The van der Waals surface area contributed by atoms with Crippen LogP contribution in [0.15, 0.2) is 72.8 Å². The van der Waals surface area contributed by atoms with Crippen LogP contribution in [-0.2, 0) is 6.42 Å². The number of anilines is 3. The van der Waals surface area contributed by atoms with Gasteiger partial charge in [0.05, 0.1) is 18.2 Å². The maximum absolute atomic E-state index is 9.17. The van der Waals surface area contributed by atoms with Crippen molar-refractivity contribution >= 4 is 17.1 Å². The number of nitrogens with zero attached hydrogens (tertiary/aromatic N) is 2. The summed E-state index contributed by atoms with van der Waals surface area (Å²) in [6, 6.07) is 27.3. The number of nitriles is 1. The minimum atomic E-state index is 0.393. The van der Waals surface area contributed by atoms with Gasteiger partial charge in [-0.3, -0.25) is 0 Å². The average Bonchev–Trinajstić information content (AvgIpc) is 2.74. The summed E-state index contributed by atoms with van der Waals surface area (Å²) in [5, 5.41) is 9.17. The summed E-state index contributed by atoms with van der Waals surface area (Å²) in [5.74, 6) is 0. The van der Waals surface area contributed by atoms with Crippen molar-refractivity contribution < 1.29 is 0 Å². The molecular weight excluding hydrogens is 352 g/mol. The van der Waals surface area contributed by atoms with E-state index >= 15 is 0 Å². The van der Waals surface area contributed by atoms with Crippen LogP contribution in [0.5, 0.6) is 0 Å². The second kappa shape index (κ2) is 13.2. The van der Waals surface area contributed by atoms with Crippen LogP contribution in [0.4, 0.5) is 17.1 Å². The van der Waals surface area contributed by atoms with E-state index < -0.39 is 0 Å². The molecule has 2 nitrogen and oxygen atoms in total. The highest BCUT2D eigenvalue weighted by Crippen LogP contribution is 2.36. The van der Waals surface area contributed by atoms with E-state index in [2.05, 4.69) is 93.3 Å². The van der Waals surface area contributed by atoms with Gasteiger partial charge in [-0.25, -0.2) is 0 Å². The molecule has 29 heavy (non-hydrogen) atoms. The van der Waals surface area contributed by atoms with Crippen molar-refractivity contribution in [3.63, 3.8) is 0 Å². The average molecular weight is 387 g/mol. The maximum atomic E-state index is 9.17. The lowest BCUT2D eigenvalue weighted by atomic mass is 10.1. The minimum absolute atomic E-state index is 0.393. The SMILES string of the molecule is CC.CCC.Cc1ccc(N(c2ccc(C)cc2)c2ccccc2CC#N)cc1. The lowest BCUT2D eigenvalue weighted by Crippen LogP contribution is -2.12. The molecule has 3 aromatic rings. The van der Waals surface area contributed by atoms with Crippen molar-refractivity contribution in [2.45, 2.75) is 54.4 Å². The lowest BCUT2D eigenvalue weighted by molar-refractivity contribution is 1.09. The normalized spacial score (nSPS) is 9.28. The Morgan fingerprint density at radius 1 is 0.724 bits per heavy atom. The number of para-hydroxylation sites is 1. The summed E-state index contributed by atoms with van der Waals surface area (Å²) in [4.78, 5) is 2.21. The smallest absolute Gasteiger partial charge is 0.0670 e. The zero-order valence-corrected chi connectivity index (χ0v) is 18.7. The van der Waals surface area contributed by atoms with E-state index in [1.54, 1.807) is 0 Å². The molecule has 3 aromatic carbocycles. The molecule has 3 rings (SSSR count). The summed E-state index contributed by atoms with van der Waals surface area (Å²) in [6.45, 7) is 12.4. The van der Waals surface area contributed by atoms with Gasteiger partial charge in [0, 0.05) is 11.4 Å². The van der Waals surface area contributed by atoms with Crippen LogP contribution in [-0.4, -0.2) is 0 Å². The number of aryl methyl sites for hydroxylation is 2. The van der Waals surface area contributed by atoms with Crippen molar-refractivity contribution in [2.75, 3.05) is 4.90 Å². The van der Waals surface area contributed by atoms with Crippen LogP contribution in [0.2, 0.25) is 0 Å². The summed E-state index contributed by atoms with van der Waals surface area (Å²) in [5.41, 5.74) is 6.72. The van der Waals surface area contributed by atoms with Crippen molar-refractivity contribution in [1.82, 2.24) is 0 Å². The Hall–Kier alpha value is -3.05. The fraction of sp³-hybridized carbons (Fsp3) is 0.296. The van der Waals surface area contributed by atoms with Gasteiger partial charge >= 0.3 is 0 Å². The van der Waals surface area contributed by atoms with Gasteiger partial charge in [-0.05, 0) is 49.7 Å². The molecule has 152 valence electrons. The van der Waals surface area contributed by atoms with Gasteiger partial charge in [0.1, 0.15) is 0 Å². The molecule has 0 aliphatic heterocycles. The third-order valence-electron chi connectivity index (χ3n) is 4.09. The maximum Gasteiger partial charge on any atom is 0.0670 e. The predicted octanol–water partition coefficient (Wildman–Crippen LogP) is 8.28. The fourth-order valence-corrected chi connectivity index (χ4v) is 2.78. The highest BCUT2D eigenvalue weighted by molar-refractivity contribution is 5.78. The minimum Gasteiger partial charge on any atom is -0.310 e. The molecule has 0 aliphatic carbocycles. The van der Waals surface area contributed by atoms with Crippen LogP contribution in [0, 0.1) is 25.2 Å². The molecule has 2 heteroatoms. The highest BCUT2D eigenvalue weighted by atomic mass is 15.1. The molecule has 0 N–H and O–H groups in total. The second-order valence-corrected chi connectivity index (χ2v) is 6.68. The molecule has 0 amide bonds. The molecule has 0 spiro atoms. The third kappa shape index (κ3) is 7.12. The third-order valence-corrected chi connectivity index (χ3v) is 4.09. The summed E-state index contributed by atoms with van der Waals surface area (Å²) >= 11 is 0. The monoisotopic (exact) mass is 386 g/mol. The van der Waals surface area contributed by atoms with Gasteiger partial charge in [0.25, 0.3) is 0 Å². The second-order valence-electron chi connectivity index (χ2n) is 6.68. The highest BCUT2D eigenvalue weighted by Gasteiger charge is 2.15. The Bertz CT molecular complexity index is 826. The van der Waals surface area contributed by atoms with Crippen molar-refractivity contribution in [3.05, 3.63) is 89.5 Å². The number of rotatable bonds is 4. The molecule has 0 bridgehead atoms. The molecular formula is C27H34N2. The Labute approximate surface area is 177 Å². The van der Waals surface area contributed by atoms with E-state index in [0.29, 0.717) is 6.42 Å².